The first-order valence-electron chi connectivity index (χ1n) is 8.49. The number of benzene rings is 1. The highest BCUT2D eigenvalue weighted by Crippen LogP contribution is 2.28. The molecule has 0 spiro atoms. The Kier molecular flexibility index (Phi) is 7.81. The lowest BCUT2D eigenvalue weighted by Gasteiger charge is -2.18. The van der Waals surface area contributed by atoms with Crippen molar-refractivity contribution in [3.05, 3.63) is 51.2 Å². The molecule has 2 rings (SSSR count). The highest BCUT2D eigenvalue weighted by atomic mass is 35.5. The number of amides is 1. The number of carbonyl (C=O) groups excluding carboxylic acids is 1. The van der Waals surface area contributed by atoms with E-state index in [-0.39, 0.29) is 23.5 Å². The summed E-state index contributed by atoms with van der Waals surface area (Å²) in [5.74, 6) is -0.300. The highest BCUT2D eigenvalue weighted by Gasteiger charge is 2.22. The zero-order valence-corrected chi connectivity index (χ0v) is 17.8. The standard InChI is InChI=1S/C18H23ClN2O4S2/c1-4-21(5-2)27(23,24)14-8-6-13(7-9-14)18(22)20-12-15(25-3)16-10-11-17(19)26-16/h6-11,15H,4-5,12H2,1-3H3,(H,20,22). The lowest BCUT2D eigenvalue weighted by atomic mass is 10.2. The van der Waals surface area contributed by atoms with Gasteiger partial charge in [0.15, 0.2) is 0 Å². The fourth-order valence-corrected chi connectivity index (χ4v) is 5.18. The van der Waals surface area contributed by atoms with E-state index in [9.17, 15) is 13.2 Å². The molecule has 0 saturated carbocycles. The van der Waals surface area contributed by atoms with Crippen molar-refractivity contribution in [3.8, 4) is 0 Å². The summed E-state index contributed by atoms with van der Waals surface area (Å²) in [4.78, 5) is 13.5. The van der Waals surface area contributed by atoms with Crippen molar-refractivity contribution in [1.29, 1.82) is 0 Å². The van der Waals surface area contributed by atoms with Crippen LogP contribution in [0.5, 0.6) is 0 Å². The Bertz CT molecular complexity index is 862. The van der Waals surface area contributed by atoms with E-state index in [1.807, 2.05) is 6.07 Å². The summed E-state index contributed by atoms with van der Waals surface area (Å²) in [6.07, 6.45) is -0.297. The first-order chi connectivity index (χ1) is 12.8. The molecule has 0 aliphatic heterocycles. The third-order valence-electron chi connectivity index (χ3n) is 4.10. The van der Waals surface area contributed by atoms with Crippen LogP contribution in [0.3, 0.4) is 0 Å². The van der Waals surface area contributed by atoms with E-state index in [0.29, 0.717) is 23.0 Å². The molecule has 1 aromatic carbocycles. The van der Waals surface area contributed by atoms with Crippen molar-refractivity contribution in [2.45, 2.75) is 24.8 Å². The molecule has 0 aliphatic carbocycles. The van der Waals surface area contributed by atoms with Crippen LogP contribution >= 0.6 is 22.9 Å². The van der Waals surface area contributed by atoms with Gasteiger partial charge in [-0.1, -0.05) is 25.4 Å². The molecule has 1 atom stereocenters. The SMILES string of the molecule is CCN(CC)S(=O)(=O)c1ccc(C(=O)NCC(OC)c2ccc(Cl)s2)cc1. The highest BCUT2D eigenvalue weighted by molar-refractivity contribution is 7.89. The van der Waals surface area contributed by atoms with Crippen LogP contribution in [0.15, 0.2) is 41.3 Å². The third kappa shape index (κ3) is 5.30. The van der Waals surface area contributed by atoms with Crippen LogP contribution in [0.25, 0.3) is 0 Å². The lowest BCUT2D eigenvalue weighted by Crippen LogP contribution is -2.31. The van der Waals surface area contributed by atoms with Gasteiger partial charge in [0.2, 0.25) is 10.0 Å². The molecular formula is C18H23ClN2O4S2. The molecule has 2 aromatic rings. The Balaban J connectivity index is 2.05. The van der Waals surface area contributed by atoms with E-state index in [1.165, 1.54) is 39.9 Å². The number of ether oxygens (including phenoxy) is 1. The Labute approximate surface area is 169 Å². The molecule has 0 fully saturated rings. The first-order valence-corrected chi connectivity index (χ1v) is 11.1. The first kappa shape index (κ1) is 21.8. The number of nitrogens with zero attached hydrogens (tertiary/aromatic N) is 1. The molecule has 27 heavy (non-hydrogen) atoms. The topological polar surface area (TPSA) is 75.7 Å². The van der Waals surface area contributed by atoms with Crippen LogP contribution in [0.1, 0.15) is 35.2 Å². The van der Waals surface area contributed by atoms with Gasteiger partial charge in [-0.2, -0.15) is 4.31 Å². The van der Waals surface area contributed by atoms with E-state index in [0.717, 1.165) is 4.88 Å². The normalized spacial score (nSPS) is 12.9. The van der Waals surface area contributed by atoms with Crippen LogP contribution in [0.4, 0.5) is 0 Å². The van der Waals surface area contributed by atoms with Crippen molar-refractivity contribution in [1.82, 2.24) is 9.62 Å². The van der Waals surface area contributed by atoms with Crippen LogP contribution in [0.2, 0.25) is 4.34 Å². The molecule has 1 aromatic heterocycles. The number of hydrogen-bond acceptors (Lipinski definition) is 5. The Hall–Kier alpha value is -1.45. The number of hydrogen-bond donors (Lipinski definition) is 1. The summed E-state index contributed by atoms with van der Waals surface area (Å²) in [6, 6.07) is 9.57. The van der Waals surface area contributed by atoms with Gasteiger partial charge in [-0.3, -0.25) is 4.79 Å². The van der Waals surface area contributed by atoms with Gasteiger partial charge in [-0.05, 0) is 36.4 Å². The Morgan fingerprint density at radius 1 is 1.19 bits per heavy atom. The fourth-order valence-electron chi connectivity index (χ4n) is 2.58. The van der Waals surface area contributed by atoms with Crippen molar-refractivity contribution in [3.63, 3.8) is 0 Å². The van der Waals surface area contributed by atoms with Crippen molar-refractivity contribution < 1.29 is 17.9 Å². The number of halogens is 1. The molecular weight excluding hydrogens is 408 g/mol. The van der Waals surface area contributed by atoms with Crippen LogP contribution in [0, 0.1) is 0 Å². The second-order valence-corrected chi connectivity index (χ2v) is 9.37. The van der Waals surface area contributed by atoms with E-state index in [2.05, 4.69) is 5.32 Å². The van der Waals surface area contributed by atoms with Gasteiger partial charge < -0.3 is 10.1 Å². The average Bonchev–Trinajstić information content (AvgIpc) is 3.09. The molecule has 0 aliphatic rings. The van der Waals surface area contributed by atoms with Gasteiger partial charge in [-0.25, -0.2) is 8.42 Å². The molecule has 148 valence electrons. The Morgan fingerprint density at radius 3 is 2.30 bits per heavy atom. The minimum Gasteiger partial charge on any atom is -0.374 e. The predicted molar refractivity (Wildman–Crippen MR) is 108 cm³/mol. The molecule has 1 heterocycles. The van der Waals surface area contributed by atoms with Crippen molar-refractivity contribution in [2.24, 2.45) is 0 Å². The number of rotatable bonds is 9. The van der Waals surface area contributed by atoms with E-state index < -0.39 is 10.0 Å². The second-order valence-electron chi connectivity index (χ2n) is 5.69. The zero-order valence-electron chi connectivity index (χ0n) is 15.4. The minimum atomic E-state index is -3.54. The predicted octanol–water partition coefficient (Wildman–Crippen LogP) is 3.55. The number of methoxy groups -OCH3 is 1. The monoisotopic (exact) mass is 430 g/mol. The van der Waals surface area contributed by atoms with Gasteiger partial charge in [-0.15, -0.1) is 11.3 Å². The largest absolute Gasteiger partial charge is 0.374 e. The van der Waals surface area contributed by atoms with E-state index in [1.54, 1.807) is 27.0 Å². The average molecular weight is 431 g/mol. The van der Waals surface area contributed by atoms with E-state index >= 15 is 0 Å². The number of thiophene rings is 1. The van der Waals surface area contributed by atoms with Gasteiger partial charge in [0.25, 0.3) is 5.91 Å². The van der Waals surface area contributed by atoms with Crippen LogP contribution < -0.4 is 5.32 Å². The molecule has 0 radical (unpaired) electrons. The smallest absolute Gasteiger partial charge is 0.251 e. The van der Waals surface area contributed by atoms with E-state index in [4.69, 9.17) is 16.3 Å². The summed E-state index contributed by atoms with van der Waals surface area (Å²) < 4.78 is 32.4. The summed E-state index contributed by atoms with van der Waals surface area (Å²) >= 11 is 7.34. The number of nitrogens with one attached hydrogen (secondary N) is 1. The van der Waals surface area contributed by atoms with Crippen LogP contribution in [-0.4, -0.2) is 45.4 Å². The fraction of sp³-hybridized carbons (Fsp3) is 0.389. The summed E-state index contributed by atoms with van der Waals surface area (Å²) in [5, 5.41) is 2.80. The molecule has 1 amide bonds. The molecule has 6 nitrogen and oxygen atoms in total. The molecule has 9 heteroatoms. The quantitative estimate of drug-likeness (QED) is 0.660. The van der Waals surface area contributed by atoms with Gasteiger partial charge in [0.05, 0.1) is 9.23 Å². The van der Waals surface area contributed by atoms with Crippen molar-refractivity contribution >= 4 is 38.9 Å². The number of carbonyl (C=O) groups is 1. The lowest BCUT2D eigenvalue weighted by molar-refractivity contribution is 0.0837. The maximum atomic E-state index is 12.5. The third-order valence-corrected chi connectivity index (χ3v) is 7.49. The maximum absolute atomic E-state index is 12.5. The van der Waals surface area contributed by atoms with Crippen LogP contribution in [-0.2, 0) is 14.8 Å². The minimum absolute atomic E-state index is 0.172. The van der Waals surface area contributed by atoms with Gasteiger partial charge >= 0.3 is 0 Å². The maximum Gasteiger partial charge on any atom is 0.251 e. The summed E-state index contributed by atoms with van der Waals surface area (Å²) in [7, 11) is -1.97. The second kappa shape index (κ2) is 9.66. The van der Waals surface area contributed by atoms with Gasteiger partial charge in [0, 0.05) is 37.2 Å². The van der Waals surface area contributed by atoms with Crippen molar-refractivity contribution in [2.75, 3.05) is 26.7 Å². The summed E-state index contributed by atoms with van der Waals surface area (Å²) in [5.41, 5.74) is 0.382. The summed E-state index contributed by atoms with van der Waals surface area (Å²) in [6.45, 7) is 4.65. The molecule has 0 bridgehead atoms. The van der Waals surface area contributed by atoms with Gasteiger partial charge in [0.1, 0.15) is 6.10 Å². The molecule has 1 N–H and O–H groups in total. The zero-order chi connectivity index (χ0) is 20.0. The number of sulfonamides is 1. The Morgan fingerprint density at radius 2 is 1.81 bits per heavy atom. The molecule has 0 saturated heterocycles. The molecule has 1 unspecified atom stereocenters.